The Morgan fingerprint density at radius 2 is 1.44 bits per heavy atom. The van der Waals surface area contributed by atoms with E-state index in [4.69, 9.17) is 0 Å². The fourth-order valence-electron chi connectivity index (χ4n) is 5.72. The molecule has 25 heavy (non-hydrogen) atoms. The third-order valence-electron chi connectivity index (χ3n) is 6.88. The van der Waals surface area contributed by atoms with Crippen LogP contribution in [0, 0.1) is 35.5 Å². The number of benzene rings is 1. The van der Waals surface area contributed by atoms with E-state index in [-0.39, 0.29) is 35.5 Å². The highest BCUT2D eigenvalue weighted by Crippen LogP contribution is 2.65. The number of nitrogens with zero attached hydrogens (tertiary/aromatic N) is 1. The molecule has 5 aliphatic rings. The van der Waals surface area contributed by atoms with Crippen molar-refractivity contribution in [1.82, 2.24) is 0 Å². The Kier molecular flexibility index (Phi) is 3.35. The summed E-state index contributed by atoms with van der Waals surface area (Å²) in [7, 11) is 0. The molecule has 1 aliphatic heterocycles. The fraction of sp³-hybridized carbons (Fsp3) is 0.524. The first-order chi connectivity index (χ1) is 12.1. The van der Waals surface area contributed by atoms with Crippen molar-refractivity contribution in [2.45, 2.75) is 33.1 Å². The van der Waals surface area contributed by atoms with Crippen molar-refractivity contribution in [2.24, 2.45) is 35.5 Å². The van der Waals surface area contributed by atoms with E-state index in [0.717, 1.165) is 34.1 Å². The summed E-state index contributed by atoms with van der Waals surface area (Å²) < 4.78 is 1.02. The Labute approximate surface area is 156 Å². The summed E-state index contributed by atoms with van der Waals surface area (Å²) in [4.78, 5) is 28.3. The third kappa shape index (κ3) is 1.98. The van der Waals surface area contributed by atoms with Crippen LogP contribution in [0.2, 0.25) is 0 Å². The second kappa shape index (κ2) is 5.29. The molecule has 0 aromatic heterocycles. The summed E-state index contributed by atoms with van der Waals surface area (Å²) in [5, 5.41) is 0. The van der Waals surface area contributed by atoms with Gasteiger partial charge in [0.25, 0.3) is 0 Å². The van der Waals surface area contributed by atoms with E-state index in [0.29, 0.717) is 11.8 Å². The van der Waals surface area contributed by atoms with Crippen LogP contribution in [0.25, 0.3) is 0 Å². The first-order valence-electron chi connectivity index (χ1n) is 9.44. The number of carbonyl (C=O) groups excluding carboxylic acids is 2. The molecule has 1 saturated heterocycles. The van der Waals surface area contributed by atoms with Crippen LogP contribution in [0.1, 0.15) is 31.4 Å². The van der Waals surface area contributed by atoms with Gasteiger partial charge in [-0.2, -0.15) is 0 Å². The normalized spacial score (nSPS) is 37.5. The van der Waals surface area contributed by atoms with Crippen molar-refractivity contribution in [3.63, 3.8) is 0 Å². The molecule has 2 amide bonds. The van der Waals surface area contributed by atoms with Crippen molar-refractivity contribution in [2.75, 3.05) is 4.90 Å². The maximum atomic E-state index is 13.4. The van der Waals surface area contributed by atoms with Crippen LogP contribution < -0.4 is 4.90 Å². The van der Waals surface area contributed by atoms with Crippen LogP contribution in [-0.2, 0) is 22.4 Å². The summed E-state index contributed by atoms with van der Waals surface area (Å²) in [6.45, 7) is 4.17. The van der Waals surface area contributed by atoms with Crippen molar-refractivity contribution >= 4 is 33.4 Å². The van der Waals surface area contributed by atoms with Gasteiger partial charge < -0.3 is 0 Å². The predicted octanol–water partition coefficient (Wildman–Crippen LogP) is 4.13. The summed E-state index contributed by atoms with van der Waals surface area (Å²) in [6.07, 6.45) is 7.29. The minimum atomic E-state index is -0.121. The van der Waals surface area contributed by atoms with Gasteiger partial charge in [0, 0.05) is 4.47 Å². The number of carbonyl (C=O) groups is 2. The van der Waals surface area contributed by atoms with Crippen molar-refractivity contribution in [1.29, 1.82) is 0 Å². The average molecular weight is 400 g/mol. The number of aryl methyl sites for hydroxylation is 2. The third-order valence-corrected chi connectivity index (χ3v) is 7.34. The number of amides is 2. The van der Waals surface area contributed by atoms with Crippen LogP contribution in [0.15, 0.2) is 28.8 Å². The lowest BCUT2D eigenvalue weighted by molar-refractivity contribution is -0.124. The number of hydrogen-bond acceptors (Lipinski definition) is 2. The van der Waals surface area contributed by atoms with Gasteiger partial charge in [0.2, 0.25) is 11.8 Å². The Morgan fingerprint density at radius 3 is 1.88 bits per heavy atom. The number of anilines is 1. The molecule has 4 aliphatic carbocycles. The number of hydrogen-bond donors (Lipinski definition) is 0. The van der Waals surface area contributed by atoms with E-state index in [9.17, 15) is 9.59 Å². The minimum absolute atomic E-state index is 0.0476. The van der Waals surface area contributed by atoms with E-state index in [1.807, 2.05) is 0 Å². The first kappa shape index (κ1) is 15.8. The van der Waals surface area contributed by atoms with Crippen LogP contribution in [0.4, 0.5) is 5.69 Å². The monoisotopic (exact) mass is 399 g/mol. The van der Waals surface area contributed by atoms with Gasteiger partial charge in [0.1, 0.15) is 0 Å². The summed E-state index contributed by atoms with van der Waals surface area (Å²) in [6, 6.07) is 4.11. The van der Waals surface area contributed by atoms with Crippen molar-refractivity contribution in [3.8, 4) is 0 Å². The molecule has 1 aromatic rings. The van der Waals surface area contributed by atoms with Crippen LogP contribution in [0.3, 0.4) is 0 Å². The summed E-state index contributed by atoms with van der Waals surface area (Å²) >= 11 is 3.57. The molecule has 6 atom stereocenters. The van der Waals surface area contributed by atoms with Crippen LogP contribution >= 0.6 is 15.9 Å². The van der Waals surface area contributed by atoms with Crippen LogP contribution in [0.5, 0.6) is 0 Å². The zero-order chi connectivity index (χ0) is 17.5. The molecular weight excluding hydrogens is 378 g/mol. The highest BCUT2D eigenvalue weighted by Gasteiger charge is 2.67. The van der Waals surface area contributed by atoms with Gasteiger partial charge in [-0.1, -0.05) is 41.9 Å². The average Bonchev–Trinajstić information content (AvgIpc) is 3.39. The number of imide groups is 1. The quantitative estimate of drug-likeness (QED) is 0.565. The van der Waals surface area contributed by atoms with Gasteiger partial charge in [-0.15, -0.1) is 0 Å². The van der Waals surface area contributed by atoms with Crippen molar-refractivity contribution < 1.29 is 9.59 Å². The highest BCUT2D eigenvalue weighted by molar-refractivity contribution is 9.10. The van der Waals surface area contributed by atoms with E-state index >= 15 is 0 Å². The first-order valence-corrected chi connectivity index (χ1v) is 10.2. The van der Waals surface area contributed by atoms with E-state index < -0.39 is 0 Å². The molecular formula is C21H22BrNO2. The SMILES string of the molecule is CCc1cc(Br)cc(CC)c1N1C(=O)[C@@H]2[C@@H]3C=C[C@H]([C@H]4C[C@@H]34)[C@@H]2C1=O. The molecule has 2 bridgehead atoms. The second-order valence-electron chi connectivity index (χ2n) is 7.95. The minimum Gasteiger partial charge on any atom is -0.274 e. The zero-order valence-electron chi connectivity index (χ0n) is 14.5. The molecule has 3 nitrogen and oxygen atoms in total. The van der Waals surface area contributed by atoms with Gasteiger partial charge in [0.05, 0.1) is 17.5 Å². The number of halogens is 1. The standard InChI is InChI=1S/C21H22BrNO2/c1-3-10-7-12(22)8-11(4-2)19(10)23-20(24)17-13-5-6-14(16-9-15(13)16)18(17)21(23)25/h5-8,13-18H,3-4,9H2,1-2H3/t13-,14-,15-,16+,17+,18-/m1/s1. The number of rotatable bonds is 3. The molecule has 2 saturated carbocycles. The van der Waals surface area contributed by atoms with E-state index in [1.165, 1.54) is 6.42 Å². The smallest absolute Gasteiger partial charge is 0.238 e. The maximum absolute atomic E-state index is 13.4. The van der Waals surface area contributed by atoms with Crippen LogP contribution in [-0.4, -0.2) is 11.8 Å². The predicted molar refractivity (Wildman–Crippen MR) is 100 cm³/mol. The Bertz CT molecular complexity index is 768. The van der Waals surface area contributed by atoms with Gasteiger partial charge >= 0.3 is 0 Å². The van der Waals surface area contributed by atoms with E-state index in [2.05, 4.69) is 54.1 Å². The maximum Gasteiger partial charge on any atom is 0.238 e. The lowest BCUT2D eigenvalue weighted by Crippen LogP contribution is -2.40. The fourth-order valence-corrected chi connectivity index (χ4v) is 6.27. The molecule has 0 spiro atoms. The van der Waals surface area contributed by atoms with E-state index in [1.54, 1.807) is 4.90 Å². The highest BCUT2D eigenvalue weighted by atomic mass is 79.9. The molecule has 3 fully saturated rings. The van der Waals surface area contributed by atoms with Crippen molar-refractivity contribution in [3.05, 3.63) is 39.9 Å². The molecule has 0 N–H and O–H groups in total. The Balaban J connectivity index is 1.63. The molecule has 0 radical (unpaired) electrons. The Morgan fingerprint density at radius 1 is 0.960 bits per heavy atom. The molecule has 0 unspecified atom stereocenters. The summed E-state index contributed by atoms with van der Waals surface area (Å²) in [5.74, 6) is 1.72. The van der Waals surface area contributed by atoms with Gasteiger partial charge in [-0.25, -0.2) is 4.90 Å². The lowest BCUT2D eigenvalue weighted by atomic mass is 9.63. The second-order valence-corrected chi connectivity index (χ2v) is 8.86. The lowest BCUT2D eigenvalue weighted by Gasteiger charge is -2.37. The number of allylic oxidation sites excluding steroid dienone is 2. The molecule has 1 heterocycles. The topological polar surface area (TPSA) is 37.4 Å². The Hall–Kier alpha value is -1.42. The van der Waals surface area contributed by atoms with Gasteiger partial charge in [-0.3, -0.25) is 9.59 Å². The van der Waals surface area contributed by atoms with Gasteiger partial charge in [-0.05, 0) is 66.2 Å². The largest absolute Gasteiger partial charge is 0.274 e. The summed E-state index contributed by atoms with van der Waals surface area (Å²) in [5.41, 5.74) is 3.03. The molecule has 1 aromatic carbocycles. The molecule has 6 rings (SSSR count). The molecule has 130 valence electrons. The van der Waals surface area contributed by atoms with Gasteiger partial charge in [0.15, 0.2) is 0 Å². The molecule has 4 heteroatoms. The zero-order valence-corrected chi connectivity index (χ0v) is 16.1.